The number of benzene rings is 1. The number of nitrogens with one attached hydrogen (secondary N) is 2. The normalized spacial score (nSPS) is 31.4. The summed E-state index contributed by atoms with van der Waals surface area (Å²) in [7, 11) is 1.58. The number of methoxy groups -OCH3 is 1. The molecule has 4 rings (SSSR count). The van der Waals surface area contributed by atoms with Gasteiger partial charge in [0.2, 0.25) is 17.7 Å². The van der Waals surface area contributed by atoms with Gasteiger partial charge in [-0.2, -0.15) is 0 Å². The lowest BCUT2D eigenvalue weighted by Crippen LogP contribution is -2.54. The molecule has 3 N–H and O–H groups in total. The third kappa shape index (κ3) is 3.55. The fraction of sp³-hybridized carbons (Fsp3) is 0.609. The number of aliphatic hydroxyl groups is 1. The Morgan fingerprint density at radius 1 is 1.31 bits per heavy atom. The molecule has 3 fully saturated rings. The number of aliphatic hydroxyl groups excluding tert-OH is 1. The minimum absolute atomic E-state index is 0.0312. The Hall–Kier alpha value is -2.26. The molecule has 3 heterocycles. The third-order valence-electron chi connectivity index (χ3n) is 6.94. The SMILES string of the molecule is CCCNC(=O)[C@@H]1[C@H]2C(=O)N([C@H](C)CO)C(C(=O)Nc3ccc(OC)cc3)C23CC[C@H]1S3. The molecule has 32 heavy (non-hydrogen) atoms. The van der Waals surface area contributed by atoms with Gasteiger partial charge in [-0.25, -0.2) is 0 Å². The summed E-state index contributed by atoms with van der Waals surface area (Å²) in [6.45, 7) is 4.05. The predicted octanol–water partition coefficient (Wildman–Crippen LogP) is 1.63. The molecule has 1 aromatic rings. The zero-order chi connectivity index (χ0) is 23.0. The summed E-state index contributed by atoms with van der Waals surface area (Å²) in [6.07, 6.45) is 2.32. The van der Waals surface area contributed by atoms with Crippen molar-refractivity contribution in [3.63, 3.8) is 0 Å². The van der Waals surface area contributed by atoms with Gasteiger partial charge in [0, 0.05) is 17.5 Å². The zero-order valence-electron chi connectivity index (χ0n) is 18.7. The van der Waals surface area contributed by atoms with Gasteiger partial charge in [0.25, 0.3) is 0 Å². The van der Waals surface area contributed by atoms with Gasteiger partial charge in [0.15, 0.2) is 0 Å². The highest BCUT2D eigenvalue weighted by Gasteiger charge is 2.73. The van der Waals surface area contributed by atoms with E-state index in [4.69, 9.17) is 4.74 Å². The summed E-state index contributed by atoms with van der Waals surface area (Å²) in [5, 5.41) is 15.8. The van der Waals surface area contributed by atoms with E-state index in [1.54, 1.807) is 50.1 Å². The molecule has 6 atom stereocenters. The summed E-state index contributed by atoms with van der Waals surface area (Å²) < 4.78 is 4.52. The Morgan fingerprint density at radius 2 is 2.03 bits per heavy atom. The molecule has 3 amide bonds. The quantitative estimate of drug-likeness (QED) is 0.543. The molecule has 174 valence electrons. The van der Waals surface area contributed by atoms with Crippen LogP contribution in [-0.2, 0) is 14.4 Å². The molecule has 0 saturated carbocycles. The fourth-order valence-electron chi connectivity index (χ4n) is 5.50. The first kappa shape index (κ1) is 22.9. The molecule has 3 aliphatic rings. The monoisotopic (exact) mass is 461 g/mol. The molecule has 9 heteroatoms. The van der Waals surface area contributed by atoms with Crippen LogP contribution in [0.15, 0.2) is 24.3 Å². The van der Waals surface area contributed by atoms with Crippen molar-refractivity contribution in [3.05, 3.63) is 24.3 Å². The van der Waals surface area contributed by atoms with Crippen LogP contribution in [0.4, 0.5) is 5.69 Å². The van der Waals surface area contributed by atoms with E-state index in [-0.39, 0.29) is 29.6 Å². The van der Waals surface area contributed by atoms with Gasteiger partial charge in [-0.15, -0.1) is 11.8 Å². The molecular formula is C23H31N3O5S. The van der Waals surface area contributed by atoms with E-state index in [0.717, 1.165) is 12.8 Å². The van der Waals surface area contributed by atoms with E-state index in [1.165, 1.54) is 4.90 Å². The van der Waals surface area contributed by atoms with Crippen LogP contribution in [0.3, 0.4) is 0 Å². The van der Waals surface area contributed by atoms with E-state index < -0.39 is 28.7 Å². The molecule has 3 saturated heterocycles. The first-order chi connectivity index (χ1) is 15.4. The molecule has 3 aliphatic heterocycles. The zero-order valence-corrected chi connectivity index (χ0v) is 19.5. The van der Waals surface area contributed by atoms with Crippen LogP contribution in [0.1, 0.15) is 33.1 Å². The van der Waals surface area contributed by atoms with Crippen LogP contribution in [0.25, 0.3) is 0 Å². The van der Waals surface area contributed by atoms with E-state index in [0.29, 0.717) is 24.4 Å². The largest absolute Gasteiger partial charge is 0.497 e. The summed E-state index contributed by atoms with van der Waals surface area (Å²) >= 11 is 1.62. The van der Waals surface area contributed by atoms with Crippen LogP contribution in [0, 0.1) is 11.8 Å². The third-order valence-corrected chi connectivity index (χ3v) is 8.89. The average Bonchev–Trinajstić information content (AvgIpc) is 3.44. The second kappa shape index (κ2) is 8.94. The lowest BCUT2D eigenvalue weighted by Gasteiger charge is -2.36. The molecule has 1 aromatic carbocycles. The average molecular weight is 462 g/mol. The van der Waals surface area contributed by atoms with Gasteiger partial charge in [0.05, 0.1) is 36.3 Å². The first-order valence-electron chi connectivity index (χ1n) is 11.2. The number of carbonyl (C=O) groups excluding carboxylic acids is 3. The molecule has 0 aromatic heterocycles. The Bertz CT molecular complexity index is 894. The number of amides is 3. The maximum absolute atomic E-state index is 13.6. The van der Waals surface area contributed by atoms with Crippen LogP contribution >= 0.6 is 11.8 Å². The number of likely N-dealkylation sites (tertiary alicyclic amines) is 1. The number of ether oxygens (including phenoxy) is 1. The smallest absolute Gasteiger partial charge is 0.248 e. The number of rotatable bonds is 8. The van der Waals surface area contributed by atoms with Gasteiger partial charge >= 0.3 is 0 Å². The standard InChI is InChI=1S/C23H31N3O5S/c1-4-11-24-20(28)17-16-9-10-23(32-16)18(17)22(30)26(13(2)12-27)19(23)21(29)25-14-5-7-15(31-3)8-6-14/h5-8,13,16-19,27H,4,9-12H2,1-3H3,(H,24,28)(H,25,29)/t13-,16-,17+,18+,19?,23?/m1/s1. The van der Waals surface area contributed by atoms with Crippen molar-refractivity contribution < 1.29 is 24.2 Å². The topological polar surface area (TPSA) is 108 Å². The van der Waals surface area contributed by atoms with Crippen molar-refractivity contribution in [3.8, 4) is 5.75 Å². The predicted molar refractivity (Wildman–Crippen MR) is 122 cm³/mol. The number of hydrogen-bond donors (Lipinski definition) is 3. The molecular weight excluding hydrogens is 430 g/mol. The number of hydrogen-bond acceptors (Lipinski definition) is 6. The van der Waals surface area contributed by atoms with Crippen LogP contribution < -0.4 is 15.4 Å². The van der Waals surface area contributed by atoms with Crippen LogP contribution in [-0.4, -0.2) is 70.1 Å². The summed E-state index contributed by atoms with van der Waals surface area (Å²) in [5.41, 5.74) is 0.606. The number of fused-ring (bicyclic) bond motifs is 1. The molecule has 1 spiro atoms. The fourth-order valence-corrected chi connectivity index (χ4v) is 7.71. The van der Waals surface area contributed by atoms with Gasteiger partial charge < -0.3 is 25.4 Å². The summed E-state index contributed by atoms with van der Waals surface area (Å²) in [4.78, 5) is 41.7. The Morgan fingerprint density at radius 3 is 2.66 bits per heavy atom. The number of nitrogens with zero attached hydrogens (tertiary/aromatic N) is 1. The summed E-state index contributed by atoms with van der Waals surface area (Å²) in [6, 6.07) is 5.76. The Kier molecular flexibility index (Phi) is 6.40. The molecule has 0 aliphatic carbocycles. The second-order valence-electron chi connectivity index (χ2n) is 8.84. The van der Waals surface area contributed by atoms with Crippen molar-refractivity contribution in [2.45, 2.75) is 55.2 Å². The van der Waals surface area contributed by atoms with Crippen molar-refractivity contribution in [1.29, 1.82) is 0 Å². The van der Waals surface area contributed by atoms with Crippen molar-refractivity contribution in [2.75, 3.05) is 25.6 Å². The lowest BCUT2D eigenvalue weighted by atomic mass is 9.70. The molecule has 8 nitrogen and oxygen atoms in total. The number of anilines is 1. The Balaban J connectivity index is 1.66. The van der Waals surface area contributed by atoms with Gasteiger partial charge in [0.1, 0.15) is 11.8 Å². The first-order valence-corrected chi connectivity index (χ1v) is 12.1. The minimum Gasteiger partial charge on any atom is -0.497 e. The highest BCUT2D eigenvalue weighted by atomic mass is 32.2. The van der Waals surface area contributed by atoms with Gasteiger partial charge in [-0.3, -0.25) is 14.4 Å². The van der Waals surface area contributed by atoms with Gasteiger partial charge in [-0.05, 0) is 50.5 Å². The van der Waals surface area contributed by atoms with E-state index in [1.807, 2.05) is 6.92 Å². The highest BCUT2D eigenvalue weighted by molar-refractivity contribution is 8.02. The lowest BCUT2D eigenvalue weighted by molar-refractivity contribution is -0.141. The van der Waals surface area contributed by atoms with E-state index in [9.17, 15) is 19.5 Å². The van der Waals surface area contributed by atoms with Gasteiger partial charge in [-0.1, -0.05) is 6.92 Å². The summed E-state index contributed by atoms with van der Waals surface area (Å²) in [5.74, 6) is -0.901. The number of thioether (sulfide) groups is 1. The Labute approximate surface area is 192 Å². The molecule has 2 bridgehead atoms. The molecule has 0 radical (unpaired) electrons. The second-order valence-corrected chi connectivity index (χ2v) is 10.4. The van der Waals surface area contributed by atoms with Crippen molar-refractivity contribution >= 4 is 35.2 Å². The van der Waals surface area contributed by atoms with Crippen molar-refractivity contribution in [1.82, 2.24) is 10.2 Å². The van der Waals surface area contributed by atoms with Crippen LogP contribution in [0.5, 0.6) is 5.75 Å². The minimum atomic E-state index is -0.747. The van der Waals surface area contributed by atoms with E-state index in [2.05, 4.69) is 10.6 Å². The molecule has 2 unspecified atom stereocenters. The number of carbonyl (C=O) groups is 3. The highest BCUT2D eigenvalue weighted by Crippen LogP contribution is 2.66. The maximum atomic E-state index is 13.6. The van der Waals surface area contributed by atoms with Crippen LogP contribution in [0.2, 0.25) is 0 Å². The van der Waals surface area contributed by atoms with E-state index >= 15 is 0 Å². The maximum Gasteiger partial charge on any atom is 0.248 e. The van der Waals surface area contributed by atoms with Crippen molar-refractivity contribution in [2.24, 2.45) is 11.8 Å².